The molecule has 6 nitrogen and oxygen atoms in total. The van der Waals surface area contributed by atoms with E-state index >= 15 is 0 Å². The van der Waals surface area contributed by atoms with Crippen LogP contribution in [-0.2, 0) is 9.63 Å². The van der Waals surface area contributed by atoms with Crippen molar-refractivity contribution in [1.29, 1.82) is 0 Å². The van der Waals surface area contributed by atoms with E-state index in [1.54, 1.807) is 0 Å². The molecule has 1 aliphatic heterocycles. The molecule has 6 heteroatoms. The lowest BCUT2D eigenvalue weighted by Crippen LogP contribution is -2.19. The summed E-state index contributed by atoms with van der Waals surface area (Å²) in [5, 5.41) is 6.93. The first-order valence-electron chi connectivity index (χ1n) is 8.88. The van der Waals surface area contributed by atoms with Gasteiger partial charge in [-0.15, -0.1) is 0 Å². The number of nitrogens with zero attached hydrogens (tertiary/aromatic N) is 1. The Kier molecular flexibility index (Phi) is 5.64. The minimum Gasteiger partial charge on any atom is -0.486 e. The van der Waals surface area contributed by atoms with Crippen molar-refractivity contribution in [3.05, 3.63) is 52.6 Å². The number of oxime groups is 1. The Bertz CT molecular complexity index is 867. The number of benzene rings is 2. The predicted octanol–water partition coefficient (Wildman–Crippen LogP) is 3.76. The predicted molar refractivity (Wildman–Crippen MR) is 105 cm³/mol. The van der Waals surface area contributed by atoms with Crippen LogP contribution < -0.4 is 14.8 Å². The van der Waals surface area contributed by atoms with Crippen LogP contribution in [0.4, 0.5) is 5.69 Å². The lowest BCUT2D eigenvalue weighted by Gasteiger charge is -2.18. The molecule has 3 rings (SSSR count). The minimum atomic E-state index is -0.247. The van der Waals surface area contributed by atoms with E-state index in [9.17, 15) is 4.79 Å². The Hall–Kier alpha value is -3.02. The van der Waals surface area contributed by atoms with Gasteiger partial charge in [0.25, 0.3) is 5.91 Å². The van der Waals surface area contributed by atoms with E-state index in [0.29, 0.717) is 24.7 Å². The van der Waals surface area contributed by atoms with E-state index in [0.717, 1.165) is 28.1 Å². The second-order valence-electron chi connectivity index (χ2n) is 6.63. The Morgan fingerprint density at radius 2 is 1.74 bits per heavy atom. The SMILES string of the molecule is C/C(=N\OCC(=O)Nc1c(C)cc(C)cc1C)c1ccc2c(c1)OCCO2. The summed E-state index contributed by atoms with van der Waals surface area (Å²) < 4.78 is 11.1. The van der Waals surface area contributed by atoms with Gasteiger partial charge in [0.2, 0.25) is 0 Å². The van der Waals surface area contributed by atoms with Crippen LogP contribution >= 0.6 is 0 Å². The van der Waals surface area contributed by atoms with Crippen molar-refractivity contribution in [1.82, 2.24) is 0 Å². The zero-order valence-corrected chi connectivity index (χ0v) is 16.1. The number of anilines is 1. The lowest BCUT2D eigenvalue weighted by molar-refractivity contribution is -0.120. The van der Waals surface area contributed by atoms with Gasteiger partial charge in [0.1, 0.15) is 13.2 Å². The molecule has 142 valence electrons. The molecule has 1 amide bonds. The first-order valence-corrected chi connectivity index (χ1v) is 8.88. The van der Waals surface area contributed by atoms with E-state index in [1.807, 2.05) is 58.0 Å². The number of carbonyl (C=O) groups is 1. The number of hydrogen-bond donors (Lipinski definition) is 1. The molecule has 0 unspecified atom stereocenters. The van der Waals surface area contributed by atoms with Crippen LogP contribution in [0.25, 0.3) is 0 Å². The zero-order valence-electron chi connectivity index (χ0n) is 16.1. The Labute approximate surface area is 159 Å². The molecular weight excluding hydrogens is 344 g/mol. The van der Waals surface area contributed by atoms with Gasteiger partial charge < -0.3 is 19.6 Å². The molecule has 1 heterocycles. The number of rotatable bonds is 5. The van der Waals surface area contributed by atoms with Gasteiger partial charge in [0.05, 0.1) is 5.71 Å². The first kappa shape index (κ1) is 18.8. The van der Waals surface area contributed by atoms with Crippen molar-refractivity contribution in [2.24, 2.45) is 5.16 Å². The number of ether oxygens (including phenoxy) is 2. The van der Waals surface area contributed by atoms with Gasteiger partial charge in [0, 0.05) is 11.3 Å². The van der Waals surface area contributed by atoms with Gasteiger partial charge in [-0.25, -0.2) is 0 Å². The average Bonchev–Trinajstić information content (AvgIpc) is 2.64. The summed E-state index contributed by atoms with van der Waals surface area (Å²) in [6.45, 7) is 8.72. The molecule has 0 saturated heterocycles. The standard InChI is InChI=1S/C21H24N2O4/c1-13-9-14(2)21(15(3)10-13)22-20(24)12-27-23-16(4)17-5-6-18-19(11-17)26-8-7-25-18/h5-6,9-11H,7-8,12H2,1-4H3,(H,22,24)/b23-16+. The fourth-order valence-corrected chi connectivity index (χ4v) is 3.06. The lowest BCUT2D eigenvalue weighted by atomic mass is 10.1. The number of fused-ring (bicyclic) bond motifs is 1. The first-order chi connectivity index (χ1) is 12.9. The van der Waals surface area contributed by atoms with E-state index in [-0.39, 0.29) is 12.5 Å². The largest absolute Gasteiger partial charge is 0.486 e. The summed E-state index contributed by atoms with van der Waals surface area (Å²) in [7, 11) is 0. The normalized spacial score (nSPS) is 13.3. The molecule has 0 fully saturated rings. The average molecular weight is 368 g/mol. The maximum Gasteiger partial charge on any atom is 0.265 e. The number of amides is 1. The number of hydrogen-bond acceptors (Lipinski definition) is 5. The number of nitrogens with one attached hydrogen (secondary N) is 1. The molecule has 1 N–H and O–H groups in total. The molecule has 0 radical (unpaired) electrons. The highest BCUT2D eigenvalue weighted by molar-refractivity contribution is 5.99. The van der Waals surface area contributed by atoms with Crippen molar-refractivity contribution in [2.45, 2.75) is 27.7 Å². The highest BCUT2D eigenvalue weighted by Gasteiger charge is 2.13. The van der Waals surface area contributed by atoms with Crippen molar-refractivity contribution in [3.63, 3.8) is 0 Å². The summed E-state index contributed by atoms with van der Waals surface area (Å²) in [4.78, 5) is 17.4. The van der Waals surface area contributed by atoms with E-state index < -0.39 is 0 Å². The topological polar surface area (TPSA) is 69.2 Å². The molecule has 0 bridgehead atoms. The van der Waals surface area contributed by atoms with Crippen LogP contribution in [0.5, 0.6) is 11.5 Å². The van der Waals surface area contributed by atoms with Crippen LogP contribution in [0.2, 0.25) is 0 Å². The third-order valence-corrected chi connectivity index (χ3v) is 4.30. The molecule has 0 aromatic heterocycles. The molecule has 0 aliphatic carbocycles. The monoisotopic (exact) mass is 368 g/mol. The fraction of sp³-hybridized carbons (Fsp3) is 0.333. The third-order valence-electron chi connectivity index (χ3n) is 4.30. The Morgan fingerprint density at radius 3 is 2.44 bits per heavy atom. The van der Waals surface area contributed by atoms with Crippen molar-refractivity contribution >= 4 is 17.3 Å². The smallest absolute Gasteiger partial charge is 0.265 e. The molecule has 2 aromatic rings. The van der Waals surface area contributed by atoms with Crippen LogP contribution in [0.3, 0.4) is 0 Å². The van der Waals surface area contributed by atoms with Gasteiger partial charge in [0.15, 0.2) is 18.1 Å². The molecule has 2 aromatic carbocycles. The Balaban J connectivity index is 1.59. The summed E-state index contributed by atoms with van der Waals surface area (Å²) in [6.07, 6.45) is 0. The molecule has 0 atom stereocenters. The van der Waals surface area contributed by atoms with Crippen LogP contribution in [0.15, 0.2) is 35.5 Å². The van der Waals surface area contributed by atoms with Gasteiger partial charge in [-0.1, -0.05) is 22.9 Å². The summed E-state index contributed by atoms with van der Waals surface area (Å²) in [6, 6.07) is 9.66. The third kappa shape index (κ3) is 4.58. The maximum absolute atomic E-state index is 12.2. The molecule has 0 saturated carbocycles. The Morgan fingerprint density at radius 1 is 1.07 bits per heavy atom. The van der Waals surface area contributed by atoms with E-state index in [1.165, 1.54) is 5.56 Å². The van der Waals surface area contributed by atoms with Crippen LogP contribution in [-0.4, -0.2) is 31.4 Å². The minimum absolute atomic E-state index is 0.158. The number of aryl methyl sites for hydroxylation is 3. The molecule has 0 spiro atoms. The van der Waals surface area contributed by atoms with Gasteiger partial charge in [-0.3, -0.25) is 4.79 Å². The number of carbonyl (C=O) groups excluding carboxylic acids is 1. The summed E-state index contributed by atoms with van der Waals surface area (Å²) in [5.41, 5.74) is 5.54. The van der Waals surface area contributed by atoms with Gasteiger partial charge >= 0.3 is 0 Å². The maximum atomic E-state index is 12.2. The van der Waals surface area contributed by atoms with Crippen molar-refractivity contribution < 1.29 is 19.1 Å². The van der Waals surface area contributed by atoms with Crippen LogP contribution in [0.1, 0.15) is 29.2 Å². The fourth-order valence-electron chi connectivity index (χ4n) is 3.06. The summed E-state index contributed by atoms with van der Waals surface area (Å²) >= 11 is 0. The molecular formula is C21H24N2O4. The van der Waals surface area contributed by atoms with E-state index in [2.05, 4.69) is 10.5 Å². The molecule has 1 aliphatic rings. The van der Waals surface area contributed by atoms with Gasteiger partial charge in [-0.05, 0) is 57.0 Å². The highest BCUT2D eigenvalue weighted by atomic mass is 16.6. The quantitative estimate of drug-likeness (QED) is 0.644. The highest BCUT2D eigenvalue weighted by Crippen LogP contribution is 2.31. The van der Waals surface area contributed by atoms with E-state index in [4.69, 9.17) is 14.3 Å². The van der Waals surface area contributed by atoms with Crippen LogP contribution in [0, 0.1) is 20.8 Å². The second-order valence-corrected chi connectivity index (χ2v) is 6.63. The van der Waals surface area contributed by atoms with Crippen molar-refractivity contribution in [2.75, 3.05) is 25.1 Å². The molecule has 27 heavy (non-hydrogen) atoms. The van der Waals surface area contributed by atoms with Crippen molar-refractivity contribution in [3.8, 4) is 11.5 Å². The zero-order chi connectivity index (χ0) is 19.4. The second kappa shape index (κ2) is 8.12. The summed E-state index contributed by atoms with van der Waals surface area (Å²) in [5.74, 6) is 1.17. The van der Waals surface area contributed by atoms with Gasteiger partial charge in [-0.2, -0.15) is 0 Å².